The SMILES string of the molecule is CCc1ccc(NC(=S)NN(CC)c2ccc(C)cc2)cc1. The largest absolute Gasteiger partial charge is 0.331 e. The molecule has 2 aromatic rings. The van der Waals surface area contributed by atoms with Crippen LogP contribution >= 0.6 is 12.2 Å². The molecule has 0 radical (unpaired) electrons. The van der Waals surface area contributed by atoms with Gasteiger partial charge in [-0.2, -0.15) is 0 Å². The summed E-state index contributed by atoms with van der Waals surface area (Å²) in [7, 11) is 0. The predicted molar refractivity (Wildman–Crippen MR) is 99.4 cm³/mol. The van der Waals surface area contributed by atoms with Crippen LogP contribution in [-0.2, 0) is 6.42 Å². The molecule has 2 aromatic carbocycles. The Morgan fingerprint density at radius 3 is 2.18 bits per heavy atom. The molecule has 2 rings (SSSR count). The molecule has 0 atom stereocenters. The molecule has 0 heterocycles. The average Bonchev–Trinajstić information content (AvgIpc) is 2.54. The first-order chi connectivity index (χ1) is 10.6. The number of hydrogen-bond donors (Lipinski definition) is 2. The van der Waals surface area contributed by atoms with Crippen LogP contribution in [0.15, 0.2) is 48.5 Å². The van der Waals surface area contributed by atoms with Gasteiger partial charge in [0.25, 0.3) is 0 Å². The molecule has 116 valence electrons. The molecular formula is C18H23N3S. The second-order valence-corrected chi connectivity index (χ2v) is 5.60. The molecule has 0 amide bonds. The van der Waals surface area contributed by atoms with Crippen LogP contribution in [0.3, 0.4) is 0 Å². The van der Waals surface area contributed by atoms with Crippen LogP contribution in [0, 0.1) is 6.92 Å². The Bertz CT molecular complexity index is 605. The molecular weight excluding hydrogens is 290 g/mol. The van der Waals surface area contributed by atoms with Crippen molar-refractivity contribution in [2.45, 2.75) is 27.2 Å². The van der Waals surface area contributed by atoms with Gasteiger partial charge in [0, 0.05) is 12.2 Å². The summed E-state index contributed by atoms with van der Waals surface area (Å²) in [5, 5.41) is 5.83. The number of aryl methyl sites for hydroxylation is 2. The molecule has 0 aliphatic heterocycles. The maximum absolute atomic E-state index is 5.40. The summed E-state index contributed by atoms with van der Waals surface area (Å²) in [4.78, 5) is 0. The lowest BCUT2D eigenvalue weighted by atomic mass is 10.1. The number of hydrazine groups is 1. The van der Waals surface area contributed by atoms with Crippen molar-refractivity contribution in [2.24, 2.45) is 0 Å². The summed E-state index contributed by atoms with van der Waals surface area (Å²) < 4.78 is 0. The number of hydrogen-bond acceptors (Lipinski definition) is 2. The maximum Gasteiger partial charge on any atom is 0.189 e. The molecule has 0 spiro atoms. The summed E-state index contributed by atoms with van der Waals surface area (Å²) in [6.07, 6.45) is 1.04. The van der Waals surface area contributed by atoms with E-state index in [9.17, 15) is 0 Å². The number of nitrogens with one attached hydrogen (secondary N) is 2. The van der Waals surface area contributed by atoms with Crippen molar-refractivity contribution in [2.75, 3.05) is 16.9 Å². The van der Waals surface area contributed by atoms with Crippen molar-refractivity contribution in [3.05, 3.63) is 59.7 Å². The molecule has 2 N–H and O–H groups in total. The van der Waals surface area contributed by atoms with Gasteiger partial charge in [0.15, 0.2) is 5.11 Å². The number of thiocarbonyl (C=S) groups is 1. The van der Waals surface area contributed by atoms with E-state index >= 15 is 0 Å². The molecule has 0 saturated carbocycles. The van der Waals surface area contributed by atoms with E-state index in [0.717, 1.165) is 24.3 Å². The first-order valence-electron chi connectivity index (χ1n) is 7.63. The molecule has 0 bridgehead atoms. The Kier molecular flexibility index (Phi) is 5.78. The van der Waals surface area contributed by atoms with Gasteiger partial charge in [-0.05, 0) is 62.3 Å². The first-order valence-corrected chi connectivity index (χ1v) is 8.04. The zero-order chi connectivity index (χ0) is 15.9. The maximum atomic E-state index is 5.40. The van der Waals surface area contributed by atoms with Crippen LogP contribution in [0.1, 0.15) is 25.0 Å². The molecule has 3 nitrogen and oxygen atoms in total. The van der Waals surface area contributed by atoms with E-state index in [2.05, 4.69) is 80.0 Å². The minimum absolute atomic E-state index is 0.590. The molecule has 4 heteroatoms. The normalized spacial score (nSPS) is 10.1. The Morgan fingerprint density at radius 1 is 1.00 bits per heavy atom. The van der Waals surface area contributed by atoms with Gasteiger partial charge in [-0.3, -0.25) is 10.4 Å². The highest BCUT2D eigenvalue weighted by Crippen LogP contribution is 2.14. The third-order valence-corrected chi connectivity index (χ3v) is 3.71. The molecule has 0 unspecified atom stereocenters. The Labute approximate surface area is 138 Å². The van der Waals surface area contributed by atoms with E-state index in [0.29, 0.717) is 5.11 Å². The van der Waals surface area contributed by atoms with Crippen LogP contribution in [0.25, 0.3) is 0 Å². The lowest BCUT2D eigenvalue weighted by Gasteiger charge is -2.25. The summed E-state index contributed by atoms with van der Waals surface area (Å²) in [6, 6.07) is 16.7. The Morgan fingerprint density at radius 2 is 1.64 bits per heavy atom. The van der Waals surface area contributed by atoms with Crippen LogP contribution in [0.2, 0.25) is 0 Å². The second kappa shape index (κ2) is 7.80. The third-order valence-electron chi connectivity index (χ3n) is 3.52. The smallest absolute Gasteiger partial charge is 0.189 e. The van der Waals surface area contributed by atoms with Gasteiger partial charge in [0.05, 0.1) is 5.69 Å². The summed E-state index contributed by atoms with van der Waals surface area (Å²) in [6.45, 7) is 7.14. The van der Waals surface area contributed by atoms with Gasteiger partial charge < -0.3 is 5.32 Å². The van der Waals surface area contributed by atoms with E-state index in [-0.39, 0.29) is 0 Å². The lowest BCUT2D eigenvalue weighted by molar-refractivity contribution is 0.800. The summed E-state index contributed by atoms with van der Waals surface area (Å²) in [5.74, 6) is 0. The van der Waals surface area contributed by atoms with E-state index in [4.69, 9.17) is 12.2 Å². The molecule has 0 aliphatic carbocycles. The Balaban J connectivity index is 1.98. The standard InChI is InChI=1S/C18H23N3S/c1-4-15-8-10-16(11-9-15)19-18(22)20-21(5-2)17-12-6-14(3)7-13-17/h6-13H,4-5H2,1-3H3,(H2,19,20,22). The molecule has 22 heavy (non-hydrogen) atoms. The van der Waals surface area contributed by atoms with Gasteiger partial charge >= 0.3 is 0 Å². The number of rotatable bonds is 5. The molecule has 0 saturated heterocycles. The Hall–Kier alpha value is -2.07. The lowest BCUT2D eigenvalue weighted by Crippen LogP contribution is -2.44. The summed E-state index contributed by atoms with van der Waals surface area (Å²) >= 11 is 5.40. The minimum Gasteiger partial charge on any atom is -0.331 e. The zero-order valence-corrected chi connectivity index (χ0v) is 14.2. The van der Waals surface area contributed by atoms with E-state index in [1.807, 2.05) is 5.01 Å². The van der Waals surface area contributed by atoms with Crippen LogP contribution in [-0.4, -0.2) is 11.7 Å². The number of nitrogens with zero attached hydrogens (tertiary/aromatic N) is 1. The van der Waals surface area contributed by atoms with Gasteiger partial charge in [0.1, 0.15) is 0 Å². The fourth-order valence-corrected chi connectivity index (χ4v) is 2.38. The van der Waals surface area contributed by atoms with Gasteiger partial charge in [-0.15, -0.1) is 0 Å². The average molecular weight is 313 g/mol. The topological polar surface area (TPSA) is 27.3 Å². The van der Waals surface area contributed by atoms with Crippen molar-refractivity contribution in [3.63, 3.8) is 0 Å². The fourth-order valence-electron chi connectivity index (χ4n) is 2.16. The summed E-state index contributed by atoms with van der Waals surface area (Å²) in [5.41, 5.74) is 7.89. The highest BCUT2D eigenvalue weighted by Gasteiger charge is 2.06. The van der Waals surface area contributed by atoms with E-state index in [1.54, 1.807) is 0 Å². The van der Waals surface area contributed by atoms with Crippen molar-refractivity contribution in [3.8, 4) is 0 Å². The van der Waals surface area contributed by atoms with E-state index < -0.39 is 0 Å². The van der Waals surface area contributed by atoms with Gasteiger partial charge in [-0.25, -0.2) is 0 Å². The number of anilines is 2. The predicted octanol–water partition coefficient (Wildman–Crippen LogP) is 4.29. The molecule has 0 fully saturated rings. The molecule has 0 aromatic heterocycles. The number of benzene rings is 2. The minimum atomic E-state index is 0.590. The van der Waals surface area contributed by atoms with Crippen LogP contribution < -0.4 is 15.8 Å². The van der Waals surface area contributed by atoms with Crippen molar-refractivity contribution >= 4 is 28.7 Å². The monoisotopic (exact) mass is 313 g/mol. The van der Waals surface area contributed by atoms with Gasteiger partial charge in [-0.1, -0.05) is 36.8 Å². The van der Waals surface area contributed by atoms with Crippen molar-refractivity contribution in [1.29, 1.82) is 0 Å². The molecule has 0 aliphatic rings. The van der Waals surface area contributed by atoms with E-state index in [1.165, 1.54) is 11.1 Å². The highest BCUT2D eigenvalue weighted by atomic mass is 32.1. The van der Waals surface area contributed by atoms with Crippen LogP contribution in [0.4, 0.5) is 11.4 Å². The quantitative estimate of drug-likeness (QED) is 0.636. The van der Waals surface area contributed by atoms with Crippen LogP contribution in [0.5, 0.6) is 0 Å². The second-order valence-electron chi connectivity index (χ2n) is 5.20. The van der Waals surface area contributed by atoms with Gasteiger partial charge in [0.2, 0.25) is 0 Å². The third kappa shape index (κ3) is 4.46. The van der Waals surface area contributed by atoms with Crippen molar-refractivity contribution < 1.29 is 0 Å². The zero-order valence-electron chi connectivity index (χ0n) is 13.4. The van der Waals surface area contributed by atoms with Crippen molar-refractivity contribution in [1.82, 2.24) is 5.43 Å². The first kappa shape index (κ1) is 16.3. The highest BCUT2D eigenvalue weighted by molar-refractivity contribution is 7.80. The fraction of sp³-hybridized carbons (Fsp3) is 0.278.